The molecule has 0 amide bonds. The molecule has 0 fully saturated rings. The van der Waals surface area contributed by atoms with Crippen molar-refractivity contribution < 1.29 is 5.11 Å². The number of aryl methyl sites for hydroxylation is 3. The molecule has 1 rings (SSSR count). The van der Waals surface area contributed by atoms with E-state index in [0.717, 1.165) is 13.0 Å². The lowest BCUT2D eigenvalue weighted by Gasteiger charge is -2.19. The lowest BCUT2D eigenvalue weighted by atomic mass is 9.95. The van der Waals surface area contributed by atoms with Crippen LogP contribution in [0.1, 0.15) is 41.6 Å². The maximum Gasteiger partial charge on any atom is 0.0443 e. The third kappa shape index (κ3) is 3.32. The molecule has 0 heterocycles. The van der Waals surface area contributed by atoms with Gasteiger partial charge < -0.3 is 10.4 Å². The molecule has 16 heavy (non-hydrogen) atoms. The second-order valence-electron chi connectivity index (χ2n) is 4.57. The molecule has 0 aliphatic carbocycles. The fourth-order valence-electron chi connectivity index (χ4n) is 2.37. The Morgan fingerprint density at radius 2 is 1.75 bits per heavy atom. The molecule has 0 saturated carbocycles. The van der Waals surface area contributed by atoms with Crippen LogP contribution in [0.3, 0.4) is 0 Å². The summed E-state index contributed by atoms with van der Waals surface area (Å²) in [6.45, 7) is 9.77. The van der Waals surface area contributed by atoms with Crippen molar-refractivity contribution in [3.63, 3.8) is 0 Å². The average Bonchev–Trinajstić information content (AvgIpc) is 2.16. The molecule has 0 saturated heterocycles. The van der Waals surface area contributed by atoms with Gasteiger partial charge in [0, 0.05) is 12.6 Å². The number of benzene rings is 1. The van der Waals surface area contributed by atoms with Gasteiger partial charge in [0.15, 0.2) is 0 Å². The van der Waals surface area contributed by atoms with Gasteiger partial charge in [0.1, 0.15) is 0 Å². The van der Waals surface area contributed by atoms with Gasteiger partial charge in [0.05, 0.1) is 0 Å². The molecule has 0 aromatic heterocycles. The summed E-state index contributed by atoms with van der Waals surface area (Å²) in [5.41, 5.74) is 5.41. The van der Waals surface area contributed by atoms with Gasteiger partial charge in [-0.3, -0.25) is 0 Å². The molecule has 2 heteroatoms. The fraction of sp³-hybridized carbons (Fsp3) is 0.571. The SMILES string of the molecule is Cc1cc(C)c(C(C)NCCCO)c(C)c1. The van der Waals surface area contributed by atoms with Gasteiger partial charge in [0.25, 0.3) is 0 Å². The smallest absolute Gasteiger partial charge is 0.0443 e. The van der Waals surface area contributed by atoms with Crippen LogP contribution in [-0.4, -0.2) is 18.3 Å². The van der Waals surface area contributed by atoms with E-state index in [2.05, 4.69) is 45.1 Å². The minimum Gasteiger partial charge on any atom is -0.396 e. The van der Waals surface area contributed by atoms with Crippen LogP contribution < -0.4 is 5.32 Å². The Kier molecular flexibility index (Phi) is 4.97. The Labute approximate surface area is 98.7 Å². The highest BCUT2D eigenvalue weighted by molar-refractivity contribution is 5.39. The lowest BCUT2D eigenvalue weighted by molar-refractivity contribution is 0.284. The van der Waals surface area contributed by atoms with Crippen LogP contribution in [0.2, 0.25) is 0 Å². The van der Waals surface area contributed by atoms with E-state index in [4.69, 9.17) is 5.11 Å². The number of nitrogens with one attached hydrogen (secondary N) is 1. The summed E-state index contributed by atoms with van der Waals surface area (Å²) in [6.07, 6.45) is 0.814. The quantitative estimate of drug-likeness (QED) is 0.749. The Balaban J connectivity index is 2.78. The molecular formula is C14H23NO. The molecule has 0 spiro atoms. The number of aliphatic hydroxyl groups excluding tert-OH is 1. The summed E-state index contributed by atoms with van der Waals surface area (Å²) in [6, 6.07) is 4.81. The maximum atomic E-state index is 8.76. The zero-order valence-corrected chi connectivity index (χ0v) is 10.8. The first kappa shape index (κ1) is 13.2. The molecule has 90 valence electrons. The molecule has 0 aliphatic rings. The highest BCUT2D eigenvalue weighted by atomic mass is 16.3. The number of hydrogen-bond acceptors (Lipinski definition) is 2. The van der Waals surface area contributed by atoms with E-state index in [9.17, 15) is 0 Å². The minimum absolute atomic E-state index is 0.256. The Morgan fingerprint density at radius 3 is 2.25 bits per heavy atom. The Hall–Kier alpha value is -0.860. The van der Waals surface area contributed by atoms with E-state index < -0.39 is 0 Å². The highest BCUT2D eigenvalue weighted by Gasteiger charge is 2.10. The van der Waals surface area contributed by atoms with Gasteiger partial charge in [0.2, 0.25) is 0 Å². The maximum absolute atomic E-state index is 8.76. The van der Waals surface area contributed by atoms with Gasteiger partial charge >= 0.3 is 0 Å². The van der Waals surface area contributed by atoms with Gasteiger partial charge in [-0.15, -0.1) is 0 Å². The number of rotatable bonds is 5. The monoisotopic (exact) mass is 221 g/mol. The molecular weight excluding hydrogens is 198 g/mol. The van der Waals surface area contributed by atoms with E-state index >= 15 is 0 Å². The molecule has 1 aromatic rings. The molecule has 0 bridgehead atoms. The van der Waals surface area contributed by atoms with Crippen LogP contribution >= 0.6 is 0 Å². The first-order chi connectivity index (χ1) is 7.56. The Bertz CT molecular complexity index is 324. The zero-order chi connectivity index (χ0) is 12.1. The largest absolute Gasteiger partial charge is 0.396 e. The van der Waals surface area contributed by atoms with Crippen molar-refractivity contribution in [1.29, 1.82) is 0 Å². The topological polar surface area (TPSA) is 32.3 Å². The number of aliphatic hydroxyl groups is 1. The average molecular weight is 221 g/mol. The van der Waals surface area contributed by atoms with Crippen LogP contribution in [0.5, 0.6) is 0 Å². The third-order valence-corrected chi connectivity index (χ3v) is 2.96. The van der Waals surface area contributed by atoms with Crippen LogP contribution in [0, 0.1) is 20.8 Å². The van der Waals surface area contributed by atoms with Crippen molar-refractivity contribution in [1.82, 2.24) is 5.32 Å². The van der Waals surface area contributed by atoms with Crippen LogP contribution in [0.4, 0.5) is 0 Å². The van der Waals surface area contributed by atoms with Gasteiger partial charge in [-0.25, -0.2) is 0 Å². The molecule has 1 unspecified atom stereocenters. The molecule has 0 radical (unpaired) electrons. The fourth-order valence-corrected chi connectivity index (χ4v) is 2.37. The van der Waals surface area contributed by atoms with Crippen molar-refractivity contribution in [3.8, 4) is 0 Å². The van der Waals surface area contributed by atoms with E-state index in [-0.39, 0.29) is 6.61 Å². The molecule has 2 nitrogen and oxygen atoms in total. The van der Waals surface area contributed by atoms with E-state index in [1.54, 1.807) is 0 Å². The van der Waals surface area contributed by atoms with E-state index in [1.165, 1.54) is 22.3 Å². The number of hydrogen-bond donors (Lipinski definition) is 2. The normalized spacial score (nSPS) is 12.8. The van der Waals surface area contributed by atoms with Crippen LogP contribution in [-0.2, 0) is 0 Å². The zero-order valence-electron chi connectivity index (χ0n) is 10.8. The summed E-state index contributed by atoms with van der Waals surface area (Å²) >= 11 is 0. The van der Waals surface area contributed by atoms with Crippen molar-refractivity contribution in [2.24, 2.45) is 0 Å². The van der Waals surface area contributed by atoms with Crippen LogP contribution in [0.25, 0.3) is 0 Å². The summed E-state index contributed by atoms with van der Waals surface area (Å²) in [4.78, 5) is 0. The van der Waals surface area contributed by atoms with Gasteiger partial charge in [-0.1, -0.05) is 17.7 Å². The molecule has 1 aromatic carbocycles. The summed E-state index contributed by atoms with van der Waals surface area (Å²) in [5.74, 6) is 0. The standard InChI is InChI=1S/C14H23NO/c1-10-8-11(2)14(12(3)9-10)13(4)15-6-5-7-16/h8-9,13,15-16H,5-7H2,1-4H3. The van der Waals surface area contributed by atoms with Crippen molar-refractivity contribution in [2.45, 2.75) is 40.2 Å². The first-order valence-electron chi connectivity index (χ1n) is 5.98. The lowest BCUT2D eigenvalue weighted by Crippen LogP contribution is -2.22. The van der Waals surface area contributed by atoms with Crippen molar-refractivity contribution >= 4 is 0 Å². The predicted octanol–water partition coefficient (Wildman–Crippen LogP) is 2.64. The molecule has 0 aliphatic heterocycles. The first-order valence-corrected chi connectivity index (χ1v) is 5.98. The van der Waals surface area contributed by atoms with Crippen molar-refractivity contribution in [2.75, 3.05) is 13.2 Å². The Morgan fingerprint density at radius 1 is 1.19 bits per heavy atom. The summed E-state index contributed by atoms with van der Waals surface area (Å²) < 4.78 is 0. The highest BCUT2D eigenvalue weighted by Crippen LogP contribution is 2.23. The van der Waals surface area contributed by atoms with Crippen molar-refractivity contribution in [3.05, 3.63) is 34.4 Å². The molecule has 2 N–H and O–H groups in total. The second kappa shape index (κ2) is 6.02. The predicted molar refractivity (Wildman–Crippen MR) is 68.8 cm³/mol. The summed E-state index contributed by atoms with van der Waals surface area (Å²) in [5, 5.41) is 12.2. The molecule has 1 atom stereocenters. The van der Waals surface area contributed by atoms with Crippen LogP contribution in [0.15, 0.2) is 12.1 Å². The second-order valence-corrected chi connectivity index (χ2v) is 4.57. The van der Waals surface area contributed by atoms with Gasteiger partial charge in [-0.05, 0) is 57.4 Å². The minimum atomic E-state index is 0.256. The van der Waals surface area contributed by atoms with E-state index in [1.807, 2.05) is 0 Å². The van der Waals surface area contributed by atoms with Gasteiger partial charge in [-0.2, -0.15) is 0 Å². The van der Waals surface area contributed by atoms with E-state index in [0.29, 0.717) is 6.04 Å². The third-order valence-electron chi connectivity index (χ3n) is 2.96. The summed E-state index contributed by atoms with van der Waals surface area (Å²) in [7, 11) is 0.